The van der Waals surface area contributed by atoms with Gasteiger partial charge in [0, 0.05) is 21.8 Å². The molecule has 0 unspecified atom stereocenters. The predicted octanol–water partition coefficient (Wildman–Crippen LogP) is 3.72. The molecule has 0 fully saturated rings. The second-order valence-corrected chi connectivity index (χ2v) is 6.64. The minimum absolute atomic E-state index is 0.0210. The molecule has 2 aromatic carbocycles. The van der Waals surface area contributed by atoms with E-state index in [9.17, 15) is 9.59 Å². The van der Waals surface area contributed by atoms with E-state index in [2.05, 4.69) is 9.99 Å². The van der Waals surface area contributed by atoms with Crippen LogP contribution < -0.4 is 4.74 Å². The van der Waals surface area contributed by atoms with Crippen LogP contribution in [-0.2, 0) is 9.63 Å². The lowest BCUT2D eigenvalue weighted by molar-refractivity contribution is -0.143. The fourth-order valence-corrected chi connectivity index (χ4v) is 2.83. The van der Waals surface area contributed by atoms with Crippen molar-refractivity contribution in [2.24, 2.45) is 5.16 Å². The Balaban J connectivity index is 1.98. The van der Waals surface area contributed by atoms with Gasteiger partial charge in [0.05, 0.1) is 6.61 Å². The van der Waals surface area contributed by atoms with E-state index in [1.165, 1.54) is 6.92 Å². The zero-order valence-corrected chi connectivity index (χ0v) is 16.0. The van der Waals surface area contributed by atoms with E-state index < -0.39 is 5.97 Å². The number of Topliss-reactive ketones (excluding diaryl/α,β-unsaturated/α-hetero) is 1. The summed E-state index contributed by atoms with van der Waals surface area (Å²) in [6.07, 6.45) is 0.200. The number of nitrogens with zero attached hydrogens (tertiary/aromatic N) is 1. The average Bonchev–Trinajstić information content (AvgIpc) is 2.71. The third-order valence-corrected chi connectivity index (χ3v) is 4.45. The van der Waals surface area contributed by atoms with E-state index in [1.807, 2.05) is 36.4 Å². The first-order valence-corrected chi connectivity index (χ1v) is 9.26. The Morgan fingerprint density at radius 1 is 1.04 bits per heavy atom. The Kier molecular flexibility index (Phi) is 8.03. The van der Waals surface area contributed by atoms with E-state index in [0.29, 0.717) is 11.3 Å². The summed E-state index contributed by atoms with van der Waals surface area (Å²) in [7, 11) is 0. The summed E-state index contributed by atoms with van der Waals surface area (Å²) >= 11 is 1.55. The number of carbonyl (C=O) groups is 2. The van der Waals surface area contributed by atoms with Crippen molar-refractivity contribution in [3.8, 4) is 5.75 Å². The van der Waals surface area contributed by atoms with Crippen molar-refractivity contribution < 1.29 is 24.3 Å². The maximum atomic E-state index is 12.3. The Hall–Kier alpha value is -2.64. The summed E-state index contributed by atoms with van der Waals surface area (Å²) in [6, 6.07) is 14.7. The van der Waals surface area contributed by atoms with Crippen LogP contribution in [0.5, 0.6) is 5.75 Å². The van der Waals surface area contributed by atoms with E-state index in [-0.39, 0.29) is 31.1 Å². The largest absolute Gasteiger partial charge is 0.491 e. The number of hydrogen-bond acceptors (Lipinski definition) is 7. The first-order chi connectivity index (χ1) is 13.0. The molecule has 0 atom stereocenters. The van der Waals surface area contributed by atoms with Crippen LogP contribution >= 0.6 is 11.8 Å². The molecule has 7 heteroatoms. The minimum Gasteiger partial charge on any atom is -0.491 e. The molecule has 1 N–H and O–H groups in total. The van der Waals surface area contributed by atoms with Crippen LogP contribution in [0.1, 0.15) is 30.6 Å². The summed E-state index contributed by atoms with van der Waals surface area (Å²) < 4.78 is 5.33. The number of oxime groups is 1. The molecule has 0 aliphatic carbocycles. The highest BCUT2D eigenvalue weighted by atomic mass is 32.2. The maximum absolute atomic E-state index is 12.3. The van der Waals surface area contributed by atoms with Gasteiger partial charge in [0.25, 0.3) is 0 Å². The van der Waals surface area contributed by atoms with Gasteiger partial charge in [0.15, 0.2) is 0 Å². The van der Waals surface area contributed by atoms with Gasteiger partial charge in [-0.25, -0.2) is 4.79 Å². The van der Waals surface area contributed by atoms with Crippen LogP contribution in [0.15, 0.2) is 63.5 Å². The lowest BCUT2D eigenvalue weighted by Crippen LogP contribution is -2.12. The number of aliphatic hydroxyl groups is 1. The molecule has 6 nitrogen and oxygen atoms in total. The second kappa shape index (κ2) is 10.5. The molecule has 2 rings (SSSR count). The number of rotatable bonds is 9. The predicted molar refractivity (Wildman–Crippen MR) is 103 cm³/mol. The van der Waals surface area contributed by atoms with Gasteiger partial charge in [-0.2, -0.15) is 0 Å². The molecule has 0 aliphatic rings. The average molecular weight is 387 g/mol. The second-order valence-electron chi connectivity index (χ2n) is 5.49. The van der Waals surface area contributed by atoms with Crippen molar-refractivity contribution in [1.29, 1.82) is 0 Å². The lowest BCUT2D eigenvalue weighted by atomic mass is 10.1. The fourth-order valence-electron chi connectivity index (χ4n) is 2.01. The van der Waals surface area contributed by atoms with Gasteiger partial charge in [0.2, 0.25) is 5.78 Å². The Morgan fingerprint density at radius 2 is 1.63 bits per heavy atom. The zero-order valence-electron chi connectivity index (χ0n) is 15.2. The number of ketones is 1. The molecule has 0 aliphatic heterocycles. The number of benzene rings is 2. The van der Waals surface area contributed by atoms with Crippen molar-refractivity contribution in [3.63, 3.8) is 0 Å². The molecule has 142 valence electrons. The number of aliphatic hydroxyl groups excluding tert-OH is 1. The Labute approximate surface area is 162 Å². The van der Waals surface area contributed by atoms with Crippen LogP contribution in [-0.4, -0.2) is 35.8 Å². The molecule has 0 bridgehead atoms. The molecule has 0 spiro atoms. The van der Waals surface area contributed by atoms with Crippen LogP contribution in [0.3, 0.4) is 0 Å². The topological polar surface area (TPSA) is 85.2 Å². The smallest absolute Gasteiger partial charge is 0.334 e. The van der Waals surface area contributed by atoms with E-state index in [1.54, 1.807) is 30.8 Å². The highest BCUT2D eigenvalue weighted by Gasteiger charge is 2.11. The van der Waals surface area contributed by atoms with E-state index in [0.717, 1.165) is 9.79 Å². The molecular formula is C20H21NO5S. The summed E-state index contributed by atoms with van der Waals surface area (Å²) in [4.78, 5) is 30.0. The highest BCUT2D eigenvalue weighted by Crippen LogP contribution is 2.29. The van der Waals surface area contributed by atoms with Crippen LogP contribution in [0, 0.1) is 0 Å². The van der Waals surface area contributed by atoms with Crippen molar-refractivity contribution in [1.82, 2.24) is 0 Å². The van der Waals surface area contributed by atoms with Gasteiger partial charge in [-0.15, -0.1) is 0 Å². The van der Waals surface area contributed by atoms with Gasteiger partial charge in [0.1, 0.15) is 18.1 Å². The molecule has 2 aromatic rings. The Bertz CT molecular complexity index is 800. The normalized spacial score (nSPS) is 11.1. The number of ether oxygens (including phenoxy) is 1. The highest BCUT2D eigenvalue weighted by molar-refractivity contribution is 7.99. The van der Waals surface area contributed by atoms with Crippen molar-refractivity contribution in [2.75, 3.05) is 13.2 Å². The van der Waals surface area contributed by atoms with Crippen molar-refractivity contribution in [3.05, 3.63) is 54.1 Å². The molecule has 0 saturated carbocycles. The molecular weight excluding hydrogens is 366 g/mol. The SMILES string of the molecule is CCC(=O)O/N=C(\C)C(=O)c1ccc(Sc2ccc(OCCO)cc2)cc1. The number of hydrogen-bond donors (Lipinski definition) is 1. The molecule has 27 heavy (non-hydrogen) atoms. The fraction of sp³-hybridized carbons (Fsp3) is 0.250. The Morgan fingerprint density at radius 3 is 2.19 bits per heavy atom. The lowest BCUT2D eigenvalue weighted by Gasteiger charge is -2.06. The van der Waals surface area contributed by atoms with Gasteiger partial charge in [-0.3, -0.25) is 4.79 Å². The summed E-state index contributed by atoms with van der Waals surface area (Å²) in [5, 5.41) is 12.3. The van der Waals surface area contributed by atoms with Gasteiger partial charge in [-0.05, 0) is 55.5 Å². The third kappa shape index (κ3) is 6.54. The summed E-state index contributed by atoms with van der Waals surface area (Å²) in [5.41, 5.74) is 0.594. The van der Waals surface area contributed by atoms with Gasteiger partial charge in [-0.1, -0.05) is 23.8 Å². The summed E-state index contributed by atoms with van der Waals surface area (Å²) in [6.45, 7) is 3.41. The molecule has 0 radical (unpaired) electrons. The third-order valence-electron chi connectivity index (χ3n) is 3.44. The maximum Gasteiger partial charge on any atom is 0.334 e. The zero-order chi connectivity index (χ0) is 19.6. The van der Waals surface area contributed by atoms with Crippen molar-refractivity contribution >= 4 is 29.2 Å². The molecule has 0 aromatic heterocycles. The minimum atomic E-state index is -0.485. The van der Waals surface area contributed by atoms with Crippen LogP contribution in [0.25, 0.3) is 0 Å². The van der Waals surface area contributed by atoms with Crippen molar-refractivity contribution in [2.45, 2.75) is 30.1 Å². The van der Waals surface area contributed by atoms with E-state index in [4.69, 9.17) is 9.84 Å². The standard InChI is InChI=1S/C20H21NO5S/c1-3-19(23)26-21-14(2)20(24)15-4-8-17(9-5-15)27-18-10-6-16(7-11-18)25-13-12-22/h4-11,22H,3,12-13H2,1-2H3/b21-14+. The van der Waals surface area contributed by atoms with Crippen LogP contribution in [0.2, 0.25) is 0 Å². The molecule has 0 saturated heterocycles. The first-order valence-electron chi connectivity index (χ1n) is 8.44. The number of carbonyl (C=O) groups excluding carboxylic acids is 2. The van der Waals surface area contributed by atoms with E-state index >= 15 is 0 Å². The van der Waals surface area contributed by atoms with Gasteiger partial charge < -0.3 is 14.7 Å². The summed E-state index contributed by atoms with van der Waals surface area (Å²) in [5.74, 6) is -0.0737. The molecule has 0 amide bonds. The van der Waals surface area contributed by atoms with Gasteiger partial charge >= 0.3 is 5.97 Å². The monoisotopic (exact) mass is 387 g/mol. The van der Waals surface area contributed by atoms with Crippen LogP contribution in [0.4, 0.5) is 0 Å². The first kappa shape index (κ1) is 20.7. The molecule has 0 heterocycles. The quantitative estimate of drug-likeness (QED) is 0.305.